The maximum atomic E-state index is 5.83. The van der Waals surface area contributed by atoms with E-state index in [1.165, 1.54) is 0 Å². The molecule has 0 amide bonds. The molecule has 0 spiro atoms. The summed E-state index contributed by atoms with van der Waals surface area (Å²) in [5.74, 6) is 1.49. The van der Waals surface area contributed by atoms with Crippen LogP contribution in [-0.4, -0.2) is 24.7 Å². The van der Waals surface area contributed by atoms with Crippen molar-refractivity contribution in [2.45, 2.75) is 13.8 Å². The van der Waals surface area contributed by atoms with Gasteiger partial charge in [0.1, 0.15) is 16.6 Å². The van der Waals surface area contributed by atoms with E-state index in [1.807, 2.05) is 38.1 Å². The van der Waals surface area contributed by atoms with Crippen LogP contribution in [0, 0.1) is 13.8 Å². The van der Waals surface area contributed by atoms with E-state index in [2.05, 4.69) is 15.1 Å². The highest BCUT2D eigenvalue weighted by atomic mass is 32.1. The van der Waals surface area contributed by atoms with Crippen molar-refractivity contribution in [1.82, 2.24) is 19.7 Å². The highest BCUT2D eigenvalue weighted by Crippen LogP contribution is 2.25. The molecule has 100 valence electrons. The third kappa shape index (κ3) is 1.94. The molecular formula is C14H13N5S. The molecule has 0 bridgehead atoms. The van der Waals surface area contributed by atoms with Crippen LogP contribution in [0.3, 0.4) is 0 Å². The zero-order chi connectivity index (χ0) is 14.3. The zero-order valence-corrected chi connectivity index (χ0v) is 12.0. The average Bonchev–Trinajstić information content (AvgIpc) is 2.76. The van der Waals surface area contributed by atoms with Gasteiger partial charge in [-0.25, -0.2) is 9.67 Å². The topological polar surface area (TPSA) is 69.6 Å². The number of hydrogen-bond donors (Lipinski definition) is 1. The van der Waals surface area contributed by atoms with Crippen LogP contribution >= 0.6 is 12.2 Å². The van der Waals surface area contributed by atoms with Crippen LogP contribution in [0.2, 0.25) is 0 Å². The second-order valence-electron chi connectivity index (χ2n) is 4.52. The van der Waals surface area contributed by atoms with Crippen LogP contribution in [0.5, 0.6) is 0 Å². The molecule has 0 unspecified atom stereocenters. The van der Waals surface area contributed by atoms with Gasteiger partial charge in [0.2, 0.25) is 0 Å². The van der Waals surface area contributed by atoms with Gasteiger partial charge in [-0.1, -0.05) is 30.4 Å². The predicted molar refractivity (Wildman–Crippen MR) is 82.0 cm³/mol. The Morgan fingerprint density at radius 1 is 1.25 bits per heavy atom. The Bertz CT molecular complexity index is 822. The molecule has 2 heterocycles. The van der Waals surface area contributed by atoms with E-state index in [4.69, 9.17) is 18.0 Å². The van der Waals surface area contributed by atoms with E-state index in [0.29, 0.717) is 16.4 Å². The third-order valence-electron chi connectivity index (χ3n) is 3.10. The number of aromatic nitrogens is 4. The molecule has 0 saturated heterocycles. The molecule has 0 atom stereocenters. The Hall–Kier alpha value is -2.34. The number of pyridine rings is 1. The fraction of sp³-hybridized carbons (Fsp3) is 0.143. The SMILES string of the molecule is Cc1nc(C)n(-c2c(C(N)=S)cnc3ccccc23)n1. The molecule has 0 aliphatic rings. The first-order valence-corrected chi connectivity index (χ1v) is 6.57. The Morgan fingerprint density at radius 2 is 2.00 bits per heavy atom. The van der Waals surface area contributed by atoms with E-state index in [0.717, 1.165) is 22.4 Å². The van der Waals surface area contributed by atoms with Crippen LogP contribution in [-0.2, 0) is 0 Å². The van der Waals surface area contributed by atoms with Crippen molar-refractivity contribution in [3.63, 3.8) is 0 Å². The summed E-state index contributed by atoms with van der Waals surface area (Å²) < 4.78 is 1.77. The smallest absolute Gasteiger partial charge is 0.148 e. The number of nitrogens with two attached hydrogens (primary N) is 1. The number of hydrogen-bond acceptors (Lipinski definition) is 4. The van der Waals surface area contributed by atoms with Gasteiger partial charge in [-0.2, -0.15) is 5.10 Å². The van der Waals surface area contributed by atoms with E-state index < -0.39 is 0 Å². The molecule has 0 aliphatic heterocycles. The minimum Gasteiger partial charge on any atom is -0.389 e. The van der Waals surface area contributed by atoms with Crippen molar-refractivity contribution in [2.24, 2.45) is 5.73 Å². The lowest BCUT2D eigenvalue weighted by Crippen LogP contribution is -2.15. The van der Waals surface area contributed by atoms with Crippen LogP contribution in [0.15, 0.2) is 30.5 Å². The molecule has 2 N–H and O–H groups in total. The number of aryl methyl sites for hydroxylation is 2. The van der Waals surface area contributed by atoms with Crippen molar-refractivity contribution >= 4 is 28.1 Å². The Morgan fingerprint density at radius 3 is 2.65 bits per heavy atom. The monoisotopic (exact) mass is 283 g/mol. The molecule has 2 aromatic heterocycles. The number of benzene rings is 1. The first-order valence-electron chi connectivity index (χ1n) is 6.16. The van der Waals surface area contributed by atoms with Gasteiger partial charge in [-0.05, 0) is 19.9 Å². The standard InChI is InChI=1S/C14H13N5S/c1-8-17-9(2)19(18-8)13-10-5-3-4-6-12(10)16-7-11(13)14(15)20/h3-7H,1-2H3,(H2,15,20). The van der Waals surface area contributed by atoms with Gasteiger partial charge < -0.3 is 5.73 Å². The molecular weight excluding hydrogens is 270 g/mol. The lowest BCUT2D eigenvalue weighted by molar-refractivity contribution is 0.834. The molecule has 0 saturated carbocycles. The largest absolute Gasteiger partial charge is 0.389 e. The number of nitrogens with zero attached hydrogens (tertiary/aromatic N) is 4. The number of thiocarbonyl (C=S) groups is 1. The maximum Gasteiger partial charge on any atom is 0.148 e. The predicted octanol–water partition coefficient (Wildman–Crippen LogP) is 2.07. The van der Waals surface area contributed by atoms with Gasteiger partial charge in [-0.15, -0.1) is 0 Å². The highest BCUT2D eigenvalue weighted by Gasteiger charge is 2.16. The number of rotatable bonds is 2. The minimum absolute atomic E-state index is 0.297. The lowest BCUT2D eigenvalue weighted by Gasteiger charge is -2.12. The van der Waals surface area contributed by atoms with Crippen molar-refractivity contribution in [1.29, 1.82) is 0 Å². The van der Waals surface area contributed by atoms with Crippen LogP contribution in [0.25, 0.3) is 16.6 Å². The summed E-state index contributed by atoms with van der Waals surface area (Å²) in [6.45, 7) is 3.76. The normalized spacial score (nSPS) is 10.9. The minimum atomic E-state index is 0.297. The summed E-state index contributed by atoms with van der Waals surface area (Å²) in [7, 11) is 0. The zero-order valence-electron chi connectivity index (χ0n) is 11.2. The molecule has 1 aromatic carbocycles. The molecule has 0 aliphatic carbocycles. The molecule has 0 fully saturated rings. The summed E-state index contributed by atoms with van der Waals surface area (Å²) in [5.41, 5.74) is 8.24. The fourth-order valence-electron chi connectivity index (χ4n) is 2.27. The van der Waals surface area contributed by atoms with Gasteiger partial charge in [0.25, 0.3) is 0 Å². The second-order valence-corrected chi connectivity index (χ2v) is 4.96. The van der Waals surface area contributed by atoms with Gasteiger partial charge in [0, 0.05) is 11.6 Å². The van der Waals surface area contributed by atoms with Gasteiger partial charge in [0.05, 0.1) is 16.8 Å². The van der Waals surface area contributed by atoms with Crippen molar-refractivity contribution in [2.75, 3.05) is 0 Å². The maximum absolute atomic E-state index is 5.83. The van der Waals surface area contributed by atoms with E-state index in [9.17, 15) is 0 Å². The Kier molecular flexibility index (Phi) is 2.94. The second kappa shape index (κ2) is 4.64. The molecule has 3 rings (SSSR count). The Balaban J connectivity index is 2.45. The fourth-order valence-corrected chi connectivity index (χ4v) is 2.42. The summed E-state index contributed by atoms with van der Waals surface area (Å²) in [6, 6.07) is 7.83. The van der Waals surface area contributed by atoms with E-state index in [-0.39, 0.29) is 0 Å². The molecule has 20 heavy (non-hydrogen) atoms. The van der Waals surface area contributed by atoms with Crippen LogP contribution in [0.4, 0.5) is 0 Å². The van der Waals surface area contributed by atoms with Gasteiger partial charge in [-0.3, -0.25) is 4.98 Å². The van der Waals surface area contributed by atoms with Gasteiger partial charge in [0.15, 0.2) is 0 Å². The number of para-hydroxylation sites is 1. The van der Waals surface area contributed by atoms with Crippen molar-refractivity contribution in [3.05, 3.63) is 47.7 Å². The van der Waals surface area contributed by atoms with E-state index in [1.54, 1.807) is 10.9 Å². The van der Waals surface area contributed by atoms with Crippen molar-refractivity contribution < 1.29 is 0 Å². The first-order chi connectivity index (χ1) is 9.58. The molecule has 6 heteroatoms. The quantitative estimate of drug-likeness (QED) is 0.729. The van der Waals surface area contributed by atoms with Crippen molar-refractivity contribution in [3.8, 4) is 5.69 Å². The number of fused-ring (bicyclic) bond motifs is 1. The molecule has 5 nitrogen and oxygen atoms in total. The summed E-state index contributed by atoms with van der Waals surface area (Å²) >= 11 is 5.14. The summed E-state index contributed by atoms with van der Waals surface area (Å²) in [5, 5.41) is 5.39. The Labute approximate surface area is 121 Å². The summed E-state index contributed by atoms with van der Waals surface area (Å²) in [6.07, 6.45) is 1.69. The summed E-state index contributed by atoms with van der Waals surface area (Å²) in [4.78, 5) is 9.04. The third-order valence-corrected chi connectivity index (χ3v) is 3.32. The lowest BCUT2D eigenvalue weighted by atomic mass is 10.1. The van der Waals surface area contributed by atoms with Crippen LogP contribution in [0.1, 0.15) is 17.2 Å². The average molecular weight is 283 g/mol. The van der Waals surface area contributed by atoms with E-state index >= 15 is 0 Å². The molecule has 0 radical (unpaired) electrons. The molecule has 3 aromatic rings. The van der Waals surface area contributed by atoms with Crippen LogP contribution < -0.4 is 5.73 Å². The van der Waals surface area contributed by atoms with Gasteiger partial charge >= 0.3 is 0 Å². The highest BCUT2D eigenvalue weighted by molar-refractivity contribution is 7.80. The first kappa shape index (κ1) is 12.7.